The molecule has 1 aromatic carbocycles. The molecule has 0 aliphatic heterocycles. The van der Waals surface area contributed by atoms with E-state index in [1.807, 2.05) is 19.9 Å². The van der Waals surface area contributed by atoms with E-state index in [1.54, 1.807) is 12.1 Å². The average molecular weight is 311 g/mol. The molecular weight excluding hydrogens is 299 g/mol. The Hall–Kier alpha value is -1.69. The number of nitrogens with two attached hydrogens (primary N) is 1. The summed E-state index contributed by atoms with van der Waals surface area (Å²) in [6.45, 7) is 3.70. The summed E-state index contributed by atoms with van der Waals surface area (Å²) in [7, 11) is 0. The number of rotatable bonds is 2. The van der Waals surface area contributed by atoms with Crippen molar-refractivity contribution in [3.8, 4) is 5.69 Å². The Bertz CT molecular complexity index is 633. The molecule has 3 N–H and O–H groups in total. The van der Waals surface area contributed by atoms with Crippen molar-refractivity contribution in [2.45, 2.75) is 13.8 Å². The largest absolute Gasteiger partial charge is 0.384 e. The molecule has 0 fully saturated rings. The van der Waals surface area contributed by atoms with Crippen LogP contribution in [0.2, 0.25) is 0 Å². The maximum Gasteiger partial charge on any atom is 0.163 e. The van der Waals surface area contributed by atoms with Crippen LogP contribution < -0.4 is 5.73 Å². The van der Waals surface area contributed by atoms with Crippen LogP contribution in [0.3, 0.4) is 0 Å². The van der Waals surface area contributed by atoms with Crippen molar-refractivity contribution < 1.29 is 4.39 Å². The number of amidine groups is 1. The monoisotopic (exact) mass is 310 g/mol. The van der Waals surface area contributed by atoms with Gasteiger partial charge < -0.3 is 5.73 Å². The highest BCUT2D eigenvalue weighted by molar-refractivity contribution is 9.10. The number of aromatic nitrogens is 2. The van der Waals surface area contributed by atoms with E-state index >= 15 is 0 Å². The molecule has 18 heavy (non-hydrogen) atoms. The summed E-state index contributed by atoms with van der Waals surface area (Å²) in [6.07, 6.45) is 0. The van der Waals surface area contributed by atoms with Crippen molar-refractivity contribution in [3.05, 3.63) is 45.4 Å². The third kappa shape index (κ3) is 2.03. The molecule has 0 amide bonds. The maximum atomic E-state index is 14.2. The van der Waals surface area contributed by atoms with Gasteiger partial charge >= 0.3 is 0 Å². The van der Waals surface area contributed by atoms with Crippen molar-refractivity contribution in [2.75, 3.05) is 0 Å². The zero-order valence-electron chi connectivity index (χ0n) is 9.96. The standard InChI is InChI=1S/C12H12BrFN4/c1-6-5-7(2)18(17-6)9-4-3-8(12(15)16)10(13)11(9)14/h3-5H,1-2H3,(H3,15,16). The summed E-state index contributed by atoms with van der Waals surface area (Å²) < 4.78 is 15.9. The summed E-state index contributed by atoms with van der Waals surface area (Å²) in [5.41, 5.74) is 7.69. The van der Waals surface area contributed by atoms with Gasteiger partial charge in [0.25, 0.3) is 0 Å². The van der Waals surface area contributed by atoms with E-state index in [2.05, 4.69) is 21.0 Å². The molecule has 4 nitrogen and oxygen atoms in total. The molecule has 0 bridgehead atoms. The predicted octanol–water partition coefficient (Wildman–Crippen LogP) is 2.67. The second kappa shape index (κ2) is 4.53. The fourth-order valence-corrected chi connectivity index (χ4v) is 2.33. The highest BCUT2D eigenvalue weighted by Gasteiger charge is 2.16. The minimum Gasteiger partial charge on any atom is -0.384 e. The average Bonchev–Trinajstić information content (AvgIpc) is 2.61. The van der Waals surface area contributed by atoms with E-state index < -0.39 is 5.82 Å². The molecule has 0 aliphatic rings. The van der Waals surface area contributed by atoms with Gasteiger partial charge in [0.2, 0.25) is 0 Å². The van der Waals surface area contributed by atoms with Gasteiger partial charge in [-0.15, -0.1) is 0 Å². The van der Waals surface area contributed by atoms with Gasteiger partial charge in [0.15, 0.2) is 5.82 Å². The number of nitrogen functional groups attached to an aromatic ring is 1. The summed E-state index contributed by atoms with van der Waals surface area (Å²) in [5, 5.41) is 11.6. The minimum absolute atomic E-state index is 0.180. The Balaban J connectivity index is 2.64. The molecular formula is C12H12BrFN4. The highest BCUT2D eigenvalue weighted by Crippen LogP contribution is 2.26. The summed E-state index contributed by atoms with van der Waals surface area (Å²) in [4.78, 5) is 0. The first-order valence-electron chi connectivity index (χ1n) is 5.28. The zero-order valence-corrected chi connectivity index (χ0v) is 11.5. The van der Waals surface area contributed by atoms with Crippen LogP contribution in [0.1, 0.15) is 17.0 Å². The molecule has 1 aromatic heterocycles. The molecule has 0 saturated carbocycles. The van der Waals surface area contributed by atoms with Crippen molar-refractivity contribution in [1.29, 1.82) is 5.41 Å². The molecule has 0 unspecified atom stereocenters. The molecule has 0 spiro atoms. The van der Waals surface area contributed by atoms with Crippen LogP contribution in [0.4, 0.5) is 4.39 Å². The number of halogens is 2. The van der Waals surface area contributed by atoms with Gasteiger partial charge in [-0.2, -0.15) is 5.10 Å². The van der Waals surface area contributed by atoms with Gasteiger partial charge in [0.05, 0.1) is 10.2 Å². The van der Waals surface area contributed by atoms with Gasteiger partial charge in [-0.05, 0) is 48.0 Å². The van der Waals surface area contributed by atoms with Crippen molar-refractivity contribution >= 4 is 21.8 Å². The Kier molecular flexibility index (Phi) is 3.21. The van der Waals surface area contributed by atoms with E-state index in [1.165, 1.54) is 4.68 Å². The first-order chi connectivity index (χ1) is 8.41. The molecule has 0 atom stereocenters. The normalized spacial score (nSPS) is 10.7. The van der Waals surface area contributed by atoms with Crippen molar-refractivity contribution in [2.24, 2.45) is 5.73 Å². The molecule has 6 heteroatoms. The number of benzene rings is 1. The lowest BCUT2D eigenvalue weighted by molar-refractivity contribution is 0.601. The van der Waals surface area contributed by atoms with Gasteiger partial charge in [0, 0.05) is 11.3 Å². The Labute approximate surface area is 112 Å². The van der Waals surface area contributed by atoms with E-state index in [9.17, 15) is 4.39 Å². The Morgan fingerprint density at radius 2 is 2.11 bits per heavy atom. The molecule has 2 rings (SSSR count). The Morgan fingerprint density at radius 1 is 1.44 bits per heavy atom. The number of hydrogen-bond donors (Lipinski definition) is 2. The van der Waals surface area contributed by atoms with Gasteiger partial charge in [-0.1, -0.05) is 0 Å². The van der Waals surface area contributed by atoms with Gasteiger partial charge in [0.1, 0.15) is 11.5 Å². The predicted molar refractivity (Wildman–Crippen MR) is 71.7 cm³/mol. The first kappa shape index (κ1) is 12.8. The maximum absolute atomic E-state index is 14.2. The SMILES string of the molecule is Cc1cc(C)n(-c2ccc(C(=N)N)c(Br)c2F)n1. The molecule has 1 heterocycles. The quantitative estimate of drug-likeness (QED) is 0.661. The fraction of sp³-hybridized carbons (Fsp3) is 0.167. The van der Waals surface area contributed by atoms with E-state index in [4.69, 9.17) is 11.1 Å². The van der Waals surface area contributed by atoms with Gasteiger partial charge in [-0.25, -0.2) is 9.07 Å². The first-order valence-corrected chi connectivity index (χ1v) is 6.07. The van der Waals surface area contributed by atoms with Crippen LogP contribution in [-0.4, -0.2) is 15.6 Å². The van der Waals surface area contributed by atoms with Crippen LogP contribution in [0, 0.1) is 25.1 Å². The van der Waals surface area contributed by atoms with Crippen LogP contribution in [0.25, 0.3) is 5.69 Å². The van der Waals surface area contributed by atoms with E-state index in [0.29, 0.717) is 11.3 Å². The number of nitrogens with one attached hydrogen (secondary N) is 1. The fourth-order valence-electron chi connectivity index (χ4n) is 1.78. The third-order valence-corrected chi connectivity index (χ3v) is 3.37. The van der Waals surface area contributed by atoms with E-state index in [-0.39, 0.29) is 10.3 Å². The van der Waals surface area contributed by atoms with Crippen LogP contribution in [-0.2, 0) is 0 Å². The molecule has 2 aromatic rings. The van der Waals surface area contributed by atoms with E-state index in [0.717, 1.165) is 11.4 Å². The second-order valence-electron chi connectivity index (χ2n) is 4.01. The van der Waals surface area contributed by atoms with Crippen LogP contribution >= 0.6 is 15.9 Å². The molecule has 0 saturated heterocycles. The number of hydrogen-bond acceptors (Lipinski definition) is 2. The summed E-state index contributed by atoms with van der Waals surface area (Å²) >= 11 is 3.12. The third-order valence-electron chi connectivity index (χ3n) is 2.59. The highest BCUT2D eigenvalue weighted by atomic mass is 79.9. The minimum atomic E-state index is -0.478. The lowest BCUT2D eigenvalue weighted by atomic mass is 10.2. The smallest absolute Gasteiger partial charge is 0.163 e. The summed E-state index contributed by atoms with van der Waals surface area (Å²) in [5.74, 6) is -0.658. The lowest BCUT2D eigenvalue weighted by Gasteiger charge is -2.10. The molecule has 94 valence electrons. The molecule has 0 aliphatic carbocycles. The Morgan fingerprint density at radius 3 is 2.61 bits per heavy atom. The number of nitrogens with zero attached hydrogens (tertiary/aromatic N) is 2. The summed E-state index contributed by atoms with van der Waals surface area (Å²) in [6, 6.07) is 5.03. The topological polar surface area (TPSA) is 67.7 Å². The van der Waals surface area contributed by atoms with Crippen LogP contribution in [0.5, 0.6) is 0 Å². The number of aryl methyl sites for hydroxylation is 2. The van der Waals surface area contributed by atoms with Crippen molar-refractivity contribution in [1.82, 2.24) is 9.78 Å². The second-order valence-corrected chi connectivity index (χ2v) is 4.81. The molecule has 0 radical (unpaired) electrons. The van der Waals surface area contributed by atoms with Crippen LogP contribution in [0.15, 0.2) is 22.7 Å². The zero-order chi connectivity index (χ0) is 13.4. The van der Waals surface area contributed by atoms with Gasteiger partial charge in [-0.3, -0.25) is 5.41 Å². The lowest BCUT2D eigenvalue weighted by Crippen LogP contribution is -2.13. The van der Waals surface area contributed by atoms with Crippen molar-refractivity contribution in [3.63, 3.8) is 0 Å².